The van der Waals surface area contributed by atoms with Crippen molar-refractivity contribution in [3.8, 4) is 0 Å². The van der Waals surface area contributed by atoms with Crippen molar-refractivity contribution in [2.45, 2.75) is 75.7 Å². The first-order valence-electron chi connectivity index (χ1n) is 14.8. The molecule has 0 aliphatic carbocycles. The molecule has 0 radical (unpaired) electrons. The first-order valence-corrected chi connectivity index (χ1v) is 16.3. The van der Waals surface area contributed by atoms with Gasteiger partial charge >= 0.3 is 0 Å². The fraction of sp³-hybridized carbons (Fsp3) is 0.424. The van der Waals surface area contributed by atoms with E-state index in [0.29, 0.717) is 23.4 Å². The topological polar surface area (TPSA) is 102 Å². The van der Waals surface area contributed by atoms with Crippen molar-refractivity contribution in [3.05, 3.63) is 95.1 Å². The highest BCUT2D eigenvalue weighted by Crippen LogP contribution is 2.39. The standard InChI is InChI=1S/C33H42N4O4S/c1-5-23-12-15-27(16-13-23)42(40,41)35-30-28-20-25(14-17-29(28)34-33(3,4)31(30)38)32(39)37(6-2)26-18-19-36(22-26)21-24-10-8-7-9-11-24/h7-17,20,26,30-31,34-35,38H,5-6,18-19,21-22H2,1-4H3/t26-,30-,31+/m1/s1. The van der Waals surface area contributed by atoms with Crippen LogP contribution in [0.2, 0.25) is 0 Å². The zero-order valence-corrected chi connectivity index (χ0v) is 25.7. The average molecular weight is 591 g/mol. The summed E-state index contributed by atoms with van der Waals surface area (Å²) in [5, 5.41) is 14.7. The van der Waals surface area contributed by atoms with Crippen molar-refractivity contribution in [2.75, 3.05) is 25.0 Å². The molecule has 224 valence electrons. The molecule has 1 fully saturated rings. The number of carbonyl (C=O) groups is 1. The van der Waals surface area contributed by atoms with Gasteiger partial charge in [0.25, 0.3) is 5.91 Å². The Morgan fingerprint density at radius 3 is 2.43 bits per heavy atom. The Morgan fingerprint density at radius 2 is 1.76 bits per heavy atom. The maximum absolute atomic E-state index is 13.9. The fourth-order valence-electron chi connectivity index (χ4n) is 6.13. The lowest BCUT2D eigenvalue weighted by Crippen LogP contribution is -2.54. The van der Waals surface area contributed by atoms with E-state index in [9.17, 15) is 18.3 Å². The summed E-state index contributed by atoms with van der Waals surface area (Å²) in [7, 11) is -3.95. The van der Waals surface area contributed by atoms with Gasteiger partial charge in [0.1, 0.15) is 0 Å². The summed E-state index contributed by atoms with van der Waals surface area (Å²) in [6.45, 7) is 10.8. The second kappa shape index (κ2) is 12.2. The van der Waals surface area contributed by atoms with Gasteiger partial charge < -0.3 is 15.3 Å². The molecule has 3 atom stereocenters. The van der Waals surface area contributed by atoms with Gasteiger partial charge in [0, 0.05) is 43.5 Å². The molecule has 42 heavy (non-hydrogen) atoms. The van der Waals surface area contributed by atoms with Gasteiger partial charge in [-0.2, -0.15) is 0 Å². The molecular formula is C33H42N4O4S. The summed E-state index contributed by atoms with van der Waals surface area (Å²) < 4.78 is 29.7. The van der Waals surface area contributed by atoms with E-state index in [2.05, 4.69) is 27.1 Å². The third-order valence-corrected chi connectivity index (χ3v) is 10.1. The Kier molecular flexibility index (Phi) is 8.76. The number of fused-ring (bicyclic) bond motifs is 1. The number of rotatable bonds is 9. The maximum atomic E-state index is 13.9. The van der Waals surface area contributed by atoms with E-state index < -0.39 is 27.7 Å². The van der Waals surface area contributed by atoms with Crippen LogP contribution in [0.1, 0.15) is 67.2 Å². The molecule has 1 saturated heterocycles. The van der Waals surface area contributed by atoms with Gasteiger partial charge in [0.2, 0.25) is 10.0 Å². The van der Waals surface area contributed by atoms with Crippen LogP contribution in [0.15, 0.2) is 77.7 Å². The predicted octanol–water partition coefficient (Wildman–Crippen LogP) is 4.57. The summed E-state index contributed by atoms with van der Waals surface area (Å²) in [5.41, 5.74) is 3.20. The largest absolute Gasteiger partial charge is 0.389 e. The molecule has 9 heteroatoms. The van der Waals surface area contributed by atoms with E-state index in [-0.39, 0.29) is 16.8 Å². The molecule has 2 aliphatic rings. The molecule has 0 bridgehead atoms. The van der Waals surface area contributed by atoms with Crippen molar-refractivity contribution in [1.29, 1.82) is 0 Å². The summed E-state index contributed by atoms with van der Waals surface area (Å²) in [4.78, 5) is 18.3. The molecular weight excluding hydrogens is 548 g/mol. The molecule has 3 aromatic rings. The smallest absolute Gasteiger partial charge is 0.254 e. The SMILES string of the molecule is CCc1ccc(S(=O)(=O)N[C@@H]2c3cc(C(=O)N(CC)[C@@H]4CCN(Cc5ccccc5)C4)ccc3NC(C)(C)[C@H]2O)cc1. The van der Waals surface area contributed by atoms with Crippen molar-refractivity contribution < 1.29 is 18.3 Å². The quantitative estimate of drug-likeness (QED) is 0.338. The van der Waals surface area contributed by atoms with Crippen LogP contribution >= 0.6 is 0 Å². The lowest BCUT2D eigenvalue weighted by atomic mass is 9.82. The fourth-order valence-corrected chi connectivity index (χ4v) is 7.35. The lowest BCUT2D eigenvalue weighted by molar-refractivity contribution is 0.0689. The molecule has 5 rings (SSSR count). The van der Waals surface area contributed by atoms with Crippen LogP contribution < -0.4 is 10.0 Å². The lowest BCUT2D eigenvalue weighted by Gasteiger charge is -2.43. The number of nitrogens with one attached hydrogen (secondary N) is 2. The van der Waals surface area contributed by atoms with Gasteiger partial charge in [-0.1, -0.05) is 49.4 Å². The molecule has 2 heterocycles. The molecule has 8 nitrogen and oxygen atoms in total. The average Bonchev–Trinajstić information content (AvgIpc) is 3.43. The molecule has 0 spiro atoms. The number of aryl methyl sites for hydroxylation is 1. The van der Waals surface area contributed by atoms with Crippen LogP contribution in [-0.4, -0.2) is 66.6 Å². The van der Waals surface area contributed by atoms with Crippen LogP contribution in [0.4, 0.5) is 5.69 Å². The predicted molar refractivity (Wildman–Crippen MR) is 166 cm³/mol. The highest BCUT2D eigenvalue weighted by molar-refractivity contribution is 7.89. The first kappa shape index (κ1) is 30.2. The van der Waals surface area contributed by atoms with Crippen molar-refractivity contribution in [2.24, 2.45) is 0 Å². The maximum Gasteiger partial charge on any atom is 0.254 e. The van der Waals surface area contributed by atoms with Crippen molar-refractivity contribution >= 4 is 21.6 Å². The Balaban J connectivity index is 1.39. The van der Waals surface area contributed by atoms with E-state index in [1.807, 2.05) is 56.9 Å². The molecule has 0 unspecified atom stereocenters. The minimum absolute atomic E-state index is 0.0882. The zero-order valence-electron chi connectivity index (χ0n) is 24.9. The Bertz CT molecular complexity index is 1510. The molecule has 3 aromatic carbocycles. The third-order valence-electron chi connectivity index (χ3n) is 8.61. The number of anilines is 1. The number of amides is 1. The minimum atomic E-state index is -3.95. The number of benzene rings is 3. The Labute approximate surface area is 249 Å². The highest BCUT2D eigenvalue weighted by atomic mass is 32.2. The number of carbonyl (C=O) groups excluding carboxylic acids is 1. The summed E-state index contributed by atoms with van der Waals surface area (Å²) in [5.74, 6) is -0.0945. The van der Waals surface area contributed by atoms with Crippen molar-refractivity contribution in [1.82, 2.24) is 14.5 Å². The number of aliphatic hydroxyl groups excluding tert-OH is 1. The second-order valence-corrected chi connectivity index (χ2v) is 13.7. The van der Waals surface area contributed by atoms with Gasteiger partial charge in [0.15, 0.2) is 0 Å². The number of sulfonamides is 1. The minimum Gasteiger partial charge on any atom is -0.389 e. The summed E-state index contributed by atoms with van der Waals surface area (Å²) >= 11 is 0. The van der Waals surface area contributed by atoms with Crippen LogP contribution in [0.5, 0.6) is 0 Å². The molecule has 2 aliphatic heterocycles. The van der Waals surface area contributed by atoms with Gasteiger partial charge in [-0.25, -0.2) is 13.1 Å². The summed E-state index contributed by atoms with van der Waals surface area (Å²) in [6.07, 6.45) is 0.619. The monoisotopic (exact) mass is 590 g/mol. The van der Waals surface area contributed by atoms with E-state index in [1.165, 1.54) is 5.56 Å². The van der Waals surface area contributed by atoms with Gasteiger partial charge in [-0.15, -0.1) is 0 Å². The number of nitrogens with zero attached hydrogens (tertiary/aromatic N) is 2. The number of hydrogen-bond donors (Lipinski definition) is 3. The zero-order chi connectivity index (χ0) is 30.1. The number of hydrogen-bond acceptors (Lipinski definition) is 6. The van der Waals surface area contributed by atoms with Crippen LogP contribution in [-0.2, 0) is 23.0 Å². The van der Waals surface area contributed by atoms with Crippen LogP contribution in [0.25, 0.3) is 0 Å². The molecule has 3 N–H and O–H groups in total. The number of likely N-dealkylation sites (tertiary alicyclic amines) is 1. The van der Waals surface area contributed by atoms with E-state index in [4.69, 9.17) is 0 Å². The first-order chi connectivity index (χ1) is 20.0. The van der Waals surface area contributed by atoms with E-state index in [1.54, 1.807) is 36.4 Å². The van der Waals surface area contributed by atoms with Crippen LogP contribution in [0.3, 0.4) is 0 Å². The van der Waals surface area contributed by atoms with Gasteiger partial charge in [-0.05, 0) is 80.6 Å². The van der Waals surface area contributed by atoms with Crippen molar-refractivity contribution in [3.63, 3.8) is 0 Å². The Hall–Kier alpha value is -3.24. The second-order valence-electron chi connectivity index (χ2n) is 11.9. The number of likely N-dealkylation sites (N-methyl/N-ethyl adjacent to an activating group) is 1. The van der Waals surface area contributed by atoms with E-state index in [0.717, 1.165) is 38.0 Å². The third kappa shape index (κ3) is 6.24. The van der Waals surface area contributed by atoms with Gasteiger partial charge in [0.05, 0.1) is 22.6 Å². The molecule has 0 aromatic heterocycles. The summed E-state index contributed by atoms with van der Waals surface area (Å²) in [6, 6.07) is 21.6. The normalized spacial score (nSPS) is 21.9. The van der Waals surface area contributed by atoms with Crippen LogP contribution in [0, 0.1) is 0 Å². The Morgan fingerprint density at radius 1 is 1.05 bits per heavy atom. The molecule has 1 amide bonds. The van der Waals surface area contributed by atoms with E-state index >= 15 is 0 Å². The highest BCUT2D eigenvalue weighted by Gasteiger charge is 2.43. The number of aliphatic hydroxyl groups is 1. The van der Waals surface area contributed by atoms with Gasteiger partial charge in [-0.3, -0.25) is 9.69 Å². The molecule has 0 saturated carbocycles.